The van der Waals surface area contributed by atoms with Gasteiger partial charge >= 0.3 is 0 Å². The highest BCUT2D eigenvalue weighted by Gasteiger charge is 2.35. The van der Waals surface area contributed by atoms with Crippen molar-refractivity contribution in [1.29, 1.82) is 0 Å². The van der Waals surface area contributed by atoms with Crippen molar-refractivity contribution in [2.75, 3.05) is 0 Å². The van der Waals surface area contributed by atoms with Crippen LogP contribution in [0.3, 0.4) is 0 Å². The standard InChI is InChI=1S/C17H10Cl2N2O4S/c18-13-2-1-3-14(19)12(13)9-20-16(22)15(26-17(20)23)8-10-4-6-11(7-5-10)21(24)25/h1-8H,9H2/b15-8+. The molecule has 0 radical (unpaired) electrons. The summed E-state index contributed by atoms with van der Waals surface area (Å²) in [4.78, 5) is 36.2. The third-order valence-corrected chi connectivity index (χ3v) is 5.27. The molecule has 0 N–H and O–H groups in total. The normalized spacial score (nSPS) is 15.8. The monoisotopic (exact) mass is 408 g/mol. The van der Waals surface area contributed by atoms with E-state index in [0.29, 0.717) is 21.2 Å². The van der Waals surface area contributed by atoms with E-state index in [1.165, 1.54) is 30.3 Å². The molecule has 2 amide bonds. The van der Waals surface area contributed by atoms with E-state index in [9.17, 15) is 19.7 Å². The molecule has 2 aromatic carbocycles. The van der Waals surface area contributed by atoms with Crippen molar-refractivity contribution >= 4 is 57.9 Å². The van der Waals surface area contributed by atoms with Gasteiger partial charge in [-0.1, -0.05) is 29.3 Å². The number of thioether (sulfide) groups is 1. The Labute approximate surface area is 162 Å². The summed E-state index contributed by atoms with van der Waals surface area (Å²) in [6.07, 6.45) is 1.52. The Kier molecular flexibility index (Phi) is 5.31. The number of non-ortho nitro benzene ring substituents is 1. The third kappa shape index (κ3) is 3.75. The lowest BCUT2D eigenvalue weighted by atomic mass is 10.2. The minimum absolute atomic E-state index is 0.0270. The smallest absolute Gasteiger partial charge is 0.268 e. The molecule has 1 saturated heterocycles. The molecule has 0 saturated carbocycles. The number of carbonyl (C=O) groups is 2. The average Bonchev–Trinajstić information content (AvgIpc) is 2.85. The van der Waals surface area contributed by atoms with Crippen molar-refractivity contribution in [2.45, 2.75) is 6.54 Å². The molecule has 0 aliphatic carbocycles. The molecule has 2 aromatic rings. The molecule has 1 aliphatic rings. The Hall–Kier alpha value is -2.35. The van der Waals surface area contributed by atoms with Crippen LogP contribution in [0.1, 0.15) is 11.1 Å². The Morgan fingerprint density at radius 3 is 2.27 bits per heavy atom. The van der Waals surface area contributed by atoms with Crippen LogP contribution >= 0.6 is 35.0 Å². The molecule has 26 heavy (non-hydrogen) atoms. The maximum atomic E-state index is 12.5. The van der Waals surface area contributed by atoms with Gasteiger partial charge in [0, 0.05) is 27.7 Å². The lowest BCUT2D eigenvalue weighted by Gasteiger charge is -2.14. The maximum Gasteiger partial charge on any atom is 0.293 e. The summed E-state index contributed by atoms with van der Waals surface area (Å²) in [5.41, 5.74) is 1.02. The van der Waals surface area contributed by atoms with Gasteiger partial charge in [-0.3, -0.25) is 24.6 Å². The minimum atomic E-state index is -0.509. The van der Waals surface area contributed by atoms with Crippen LogP contribution in [0.5, 0.6) is 0 Å². The lowest BCUT2D eigenvalue weighted by molar-refractivity contribution is -0.384. The number of benzene rings is 2. The summed E-state index contributed by atoms with van der Waals surface area (Å²) in [5, 5.41) is 11.0. The number of hydrogen-bond donors (Lipinski definition) is 0. The first kappa shape index (κ1) is 18.4. The maximum absolute atomic E-state index is 12.5. The molecule has 1 fully saturated rings. The number of carbonyl (C=O) groups excluding carboxylic acids is 2. The zero-order valence-electron chi connectivity index (χ0n) is 13.0. The molecular weight excluding hydrogens is 399 g/mol. The van der Waals surface area contributed by atoms with Gasteiger partial charge in [0.25, 0.3) is 16.8 Å². The molecule has 0 unspecified atom stereocenters. The van der Waals surface area contributed by atoms with E-state index in [2.05, 4.69) is 0 Å². The first-order valence-electron chi connectivity index (χ1n) is 7.29. The Balaban J connectivity index is 1.83. The number of hydrogen-bond acceptors (Lipinski definition) is 5. The summed E-state index contributed by atoms with van der Waals surface area (Å²) in [6, 6.07) is 10.6. The number of rotatable bonds is 4. The summed E-state index contributed by atoms with van der Waals surface area (Å²) < 4.78 is 0. The summed E-state index contributed by atoms with van der Waals surface area (Å²) in [5.74, 6) is -0.464. The van der Waals surface area contributed by atoms with Crippen LogP contribution in [0.2, 0.25) is 10.0 Å². The molecule has 1 heterocycles. The van der Waals surface area contributed by atoms with Gasteiger partial charge in [-0.25, -0.2) is 0 Å². The van der Waals surface area contributed by atoms with Crippen LogP contribution in [-0.4, -0.2) is 21.0 Å². The van der Waals surface area contributed by atoms with E-state index in [0.717, 1.165) is 16.7 Å². The quantitative estimate of drug-likeness (QED) is 0.397. The van der Waals surface area contributed by atoms with Crippen LogP contribution < -0.4 is 0 Å². The largest absolute Gasteiger partial charge is 0.293 e. The highest BCUT2D eigenvalue weighted by Crippen LogP contribution is 2.35. The molecule has 9 heteroatoms. The molecule has 6 nitrogen and oxygen atoms in total. The molecule has 0 bridgehead atoms. The van der Waals surface area contributed by atoms with Crippen molar-refractivity contribution in [3.63, 3.8) is 0 Å². The van der Waals surface area contributed by atoms with Crippen molar-refractivity contribution in [3.05, 3.63) is 78.7 Å². The minimum Gasteiger partial charge on any atom is -0.268 e. The van der Waals surface area contributed by atoms with Crippen LogP contribution in [0, 0.1) is 10.1 Å². The predicted molar refractivity (Wildman–Crippen MR) is 101 cm³/mol. The Morgan fingerprint density at radius 1 is 1.08 bits per heavy atom. The number of amides is 2. The Bertz CT molecular complexity index is 924. The van der Waals surface area contributed by atoms with Crippen LogP contribution in [-0.2, 0) is 11.3 Å². The molecule has 0 atom stereocenters. The van der Waals surface area contributed by atoms with Crippen LogP contribution in [0.4, 0.5) is 10.5 Å². The molecule has 132 valence electrons. The van der Waals surface area contributed by atoms with Gasteiger partial charge in [0.05, 0.1) is 16.4 Å². The first-order chi connectivity index (χ1) is 12.4. The summed E-state index contributed by atoms with van der Waals surface area (Å²) in [7, 11) is 0. The van der Waals surface area contributed by atoms with Gasteiger partial charge in [-0.05, 0) is 47.7 Å². The second-order valence-corrected chi connectivity index (χ2v) is 7.12. The third-order valence-electron chi connectivity index (χ3n) is 3.65. The summed E-state index contributed by atoms with van der Waals surface area (Å²) >= 11 is 13.0. The van der Waals surface area contributed by atoms with E-state index < -0.39 is 16.1 Å². The van der Waals surface area contributed by atoms with Gasteiger partial charge < -0.3 is 0 Å². The predicted octanol–water partition coefficient (Wildman–Crippen LogP) is 5.14. The van der Waals surface area contributed by atoms with Crippen LogP contribution in [0.15, 0.2) is 47.4 Å². The second kappa shape index (κ2) is 7.49. The second-order valence-electron chi connectivity index (χ2n) is 5.32. The van der Waals surface area contributed by atoms with Gasteiger partial charge in [0.1, 0.15) is 0 Å². The van der Waals surface area contributed by atoms with Gasteiger partial charge in [-0.15, -0.1) is 0 Å². The Morgan fingerprint density at radius 2 is 1.69 bits per heavy atom. The van der Waals surface area contributed by atoms with Gasteiger partial charge in [0.2, 0.25) is 0 Å². The molecule has 0 aromatic heterocycles. The van der Waals surface area contributed by atoms with E-state index in [4.69, 9.17) is 23.2 Å². The van der Waals surface area contributed by atoms with Crippen molar-refractivity contribution < 1.29 is 14.5 Å². The fraction of sp³-hybridized carbons (Fsp3) is 0.0588. The molecular formula is C17H10Cl2N2O4S. The zero-order valence-corrected chi connectivity index (χ0v) is 15.3. The number of nitro benzene ring substituents is 1. The number of halogens is 2. The fourth-order valence-corrected chi connectivity index (χ4v) is 3.68. The highest BCUT2D eigenvalue weighted by molar-refractivity contribution is 8.18. The number of nitro groups is 1. The zero-order chi connectivity index (χ0) is 18.8. The van der Waals surface area contributed by atoms with E-state index in [-0.39, 0.29) is 17.1 Å². The lowest BCUT2D eigenvalue weighted by Crippen LogP contribution is -2.27. The highest BCUT2D eigenvalue weighted by atomic mass is 35.5. The number of nitrogens with zero attached hydrogens (tertiary/aromatic N) is 2. The first-order valence-corrected chi connectivity index (χ1v) is 8.87. The van der Waals surface area contributed by atoms with Gasteiger partial charge in [-0.2, -0.15) is 0 Å². The number of imide groups is 1. The fourth-order valence-electron chi connectivity index (χ4n) is 2.32. The van der Waals surface area contributed by atoms with E-state index >= 15 is 0 Å². The summed E-state index contributed by atoms with van der Waals surface area (Å²) in [6.45, 7) is -0.0270. The topological polar surface area (TPSA) is 80.5 Å². The van der Waals surface area contributed by atoms with E-state index in [1.54, 1.807) is 18.2 Å². The van der Waals surface area contributed by atoms with Crippen molar-refractivity contribution in [2.24, 2.45) is 0 Å². The van der Waals surface area contributed by atoms with Crippen LogP contribution in [0.25, 0.3) is 6.08 Å². The molecule has 3 rings (SSSR count). The van der Waals surface area contributed by atoms with Gasteiger partial charge in [0.15, 0.2) is 0 Å². The van der Waals surface area contributed by atoms with Crippen molar-refractivity contribution in [1.82, 2.24) is 4.90 Å². The molecule has 1 aliphatic heterocycles. The average molecular weight is 409 g/mol. The van der Waals surface area contributed by atoms with E-state index in [1.807, 2.05) is 0 Å². The van der Waals surface area contributed by atoms with Crippen molar-refractivity contribution in [3.8, 4) is 0 Å². The molecule has 0 spiro atoms. The SMILES string of the molecule is O=C1S/C(=C/c2ccc([N+](=O)[O-])cc2)C(=O)N1Cc1c(Cl)cccc1Cl.